The molecule has 11 heteroatoms. The number of fused-ring (bicyclic) bond motifs is 1. The fraction of sp³-hybridized carbons (Fsp3) is 0.538. The van der Waals surface area contributed by atoms with Gasteiger partial charge in [0.25, 0.3) is 0 Å². The number of rotatable bonds is 4. The van der Waals surface area contributed by atoms with Gasteiger partial charge in [-0.1, -0.05) is 0 Å². The number of aliphatic hydroxyl groups is 2. The van der Waals surface area contributed by atoms with Crippen LogP contribution in [0, 0.1) is 0 Å². The van der Waals surface area contributed by atoms with Crippen LogP contribution in [-0.2, 0) is 9.53 Å². The van der Waals surface area contributed by atoms with Crippen molar-refractivity contribution in [3.05, 3.63) is 12.7 Å². The molecule has 0 aromatic carbocycles. The number of hydrogen-bond acceptors (Lipinski definition) is 9. The van der Waals surface area contributed by atoms with Crippen LogP contribution in [0.5, 0.6) is 0 Å². The van der Waals surface area contributed by atoms with E-state index >= 15 is 0 Å². The number of carbonyl (C=O) groups excluding carboxylic acids is 1. The first-order valence-corrected chi connectivity index (χ1v) is 7.37. The first kappa shape index (κ1) is 16.5. The second-order valence-electron chi connectivity index (χ2n) is 5.64. The summed E-state index contributed by atoms with van der Waals surface area (Å²) < 4.78 is 7.16. The molecule has 1 saturated heterocycles. The molecule has 11 nitrogen and oxygen atoms in total. The lowest BCUT2D eigenvalue weighted by molar-refractivity contribution is -0.123. The standard InChI is InChI=1S/C13H19N7O4/c1-5(14)12(23)19-7-6(2-21)24-13(9(7)22)20-4-18-8-10(15)16-3-17-11(8)20/h3-7,9,13,21-22H,2,14H2,1H3,(H,19,23)(H2,15,16,17)/t5-,6+,7+,9+,13+/m0/s1. The van der Waals surface area contributed by atoms with Gasteiger partial charge in [-0.3, -0.25) is 9.36 Å². The Labute approximate surface area is 136 Å². The minimum atomic E-state index is -1.14. The molecule has 0 bridgehead atoms. The van der Waals surface area contributed by atoms with E-state index in [9.17, 15) is 15.0 Å². The van der Waals surface area contributed by atoms with Crippen molar-refractivity contribution in [3.8, 4) is 0 Å². The monoisotopic (exact) mass is 337 g/mol. The zero-order valence-electron chi connectivity index (χ0n) is 12.9. The Bertz CT molecular complexity index is 749. The lowest BCUT2D eigenvalue weighted by Crippen LogP contribution is -2.52. The zero-order chi connectivity index (χ0) is 17.4. The molecule has 5 atom stereocenters. The molecule has 1 aliphatic rings. The summed E-state index contributed by atoms with van der Waals surface area (Å²) in [6.07, 6.45) is -0.160. The minimum absolute atomic E-state index is 0.201. The number of nitrogens with zero attached hydrogens (tertiary/aromatic N) is 4. The minimum Gasteiger partial charge on any atom is -0.394 e. The molecular formula is C13H19N7O4. The molecule has 1 amide bonds. The summed E-state index contributed by atoms with van der Waals surface area (Å²) in [5.41, 5.74) is 12.0. The van der Waals surface area contributed by atoms with Crippen LogP contribution in [0.25, 0.3) is 11.2 Å². The Kier molecular flexibility index (Phi) is 4.32. The van der Waals surface area contributed by atoms with Crippen molar-refractivity contribution in [3.63, 3.8) is 0 Å². The molecule has 0 aliphatic carbocycles. The highest BCUT2D eigenvalue weighted by molar-refractivity contribution is 5.82. The number of nitrogens with two attached hydrogens (primary N) is 2. The second-order valence-corrected chi connectivity index (χ2v) is 5.64. The summed E-state index contributed by atoms with van der Waals surface area (Å²) >= 11 is 0. The molecule has 2 aromatic heterocycles. The maximum Gasteiger partial charge on any atom is 0.237 e. The van der Waals surface area contributed by atoms with Gasteiger partial charge in [0.15, 0.2) is 17.7 Å². The van der Waals surface area contributed by atoms with Gasteiger partial charge in [-0.05, 0) is 6.92 Å². The SMILES string of the molecule is C[C@H](N)C(=O)N[C@H]1[C@@H](O)[C@H](n2cnc3c(N)ncnc32)O[C@@H]1CO. The van der Waals surface area contributed by atoms with E-state index in [1.165, 1.54) is 24.1 Å². The maximum absolute atomic E-state index is 11.8. The van der Waals surface area contributed by atoms with Gasteiger partial charge in [0, 0.05) is 0 Å². The van der Waals surface area contributed by atoms with Gasteiger partial charge < -0.3 is 31.7 Å². The molecule has 24 heavy (non-hydrogen) atoms. The molecular weight excluding hydrogens is 318 g/mol. The van der Waals surface area contributed by atoms with Gasteiger partial charge in [-0.2, -0.15) is 0 Å². The van der Waals surface area contributed by atoms with Crippen molar-refractivity contribution in [1.82, 2.24) is 24.8 Å². The number of aliphatic hydroxyl groups excluding tert-OH is 2. The fourth-order valence-electron chi connectivity index (χ4n) is 2.66. The molecule has 130 valence electrons. The normalized spacial score (nSPS) is 28.2. The van der Waals surface area contributed by atoms with Crippen LogP contribution in [0.1, 0.15) is 13.2 Å². The molecule has 1 fully saturated rings. The van der Waals surface area contributed by atoms with E-state index in [-0.39, 0.29) is 12.4 Å². The molecule has 3 rings (SSSR count). The van der Waals surface area contributed by atoms with Gasteiger partial charge in [0.05, 0.1) is 25.0 Å². The van der Waals surface area contributed by atoms with Crippen LogP contribution >= 0.6 is 0 Å². The number of nitrogens with one attached hydrogen (secondary N) is 1. The molecule has 0 radical (unpaired) electrons. The molecule has 0 unspecified atom stereocenters. The van der Waals surface area contributed by atoms with Crippen LogP contribution in [0.15, 0.2) is 12.7 Å². The van der Waals surface area contributed by atoms with E-state index in [1.54, 1.807) is 0 Å². The fourth-order valence-corrected chi connectivity index (χ4v) is 2.66. The third-order valence-corrected chi connectivity index (χ3v) is 3.94. The van der Waals surface area contributed by atoms with Crippen LogP contribution in [0.2, 0.25) is 0 Å². The van der Waals surface area contributed by atoms with Crippen molar-refractivity contribution < 1.29 is 19.7 Å². The van der Waals surface area contributed by atoms with E-state index in [4.69, 9.17) is 16.2 Å². The number of amides is 1. The van der Waals surface area contributed by atoms with Crippen molar-refractivity contribution in [2.45, 2.75) is 37.4 Å². The summed E-state index contributed by atoms with van der Waals surface area (Å²) in [7, 11) is 0. The van der Waals surface area contributed by atoms with Crippen LogP contribution < -0.4 is 16.8 Å². The predicted octanol–water partition coefficient (Wildman–Crippen LogP) is -2.51. The lowest BCUT2D eigenvalue weighted by Gasteiger charge is -2.21. The van der Waals surface area contributed by atoms with Gasteiger partial charge in [0.1, 0.15) is 24.1 Å². The van der Waals surface area contributed by atoms with Gasteiger partial charge >= 0.3 is 0 Å². The Balaban J connectivity index is 1.91. The van der Waals surface area contributed by atoms with Crippen molar-refractivity contribution in [1.29, 1.82) is 0 Å². The number of imidazole rings is 1. The van der Waals surface area contributed by atoms with E-state index in [1.807, 2.05) is 0 Å². The smallest absolute Gasteiger partial charge is 0.237 e. The number of ether oxygens (including phenoxy) is 1. The highest BCUT2D eigenvalue weighted by atomic mass is 16.5. The van der Waals surface area contributed by atoms with Crippen LogP contribution in [0.3, 0.4) is 0 Å². The summed E-state index contributed by atoms with van der Waals surface area (Å²) in [6, 6.07) is -1.58. The van der Waals surface area contributed by atoms with Gasteiger partial charge in [-0.25, -0.2) is 15.0 Å². The first-order valence-electron chi connectivity index (χ1n) is 7.37. The van der Waals surface area contributed by atoms with Gasteiger partial charge in [-0.15, -0.1) is 0 Å². The number of anilines is 1. The van der Waals surface area contributed by atoms with E-state index in [2.05, 4.69) is 20.3 Å². The third-order valence-electron chi connectivity index (χ3n) is 3.94. The molecule has 2 aromatic rings. The van der Waals surface area contributed by atoms with Gasteiger partial charge in [0.2, 0.25) is 5.91 Å². The number of carbonyl (C=O) groups is 1. The Morgan fingerprint density at radius 3 is 2.92 bits per heavy atom. The highest BCUT2D eigenvalue weighted by Gasteiger charge is 2.45. The largest absolute Gasteiger partial charge is 0.394 e. The summed E-state index contributed by atoms with van der Waals surface area (Å²) in [5, 5.41) is 22.6. The lowest BCUT2D eigenvalue weighted by atomic mass is 10.1. The van der Waals surface area contributed by atoms with Crippen molar-refractivity contribution in [2.24, 2.45) is 5.73 Å². The van der Waals surface area contributed by atoms with Crippen LogP contribution in [-0.4, -0.2) is 66.5 Å². The van der Waals surface area contributed by atoms with Crippen molar-refractivity contribution in [2.75, 3.05) is 12.3 Å². The molecule has 3 heterocycles. The second kappa shape index (κ2) is 6.28. The molecule has 1 aliphatic heterocycles. The van der Waals surface area contributed by atoms with Crippen LogP contribution in [0.4, 0.5) is 5.82 Å². The predicted molar refractivity (Wildman–Crippen MR) is 82.3 cm³/mol. The Hall–Kier alpha value is -2.34. The molecule has 0 saturated carbocycles. The number of aromatic nitrogens is 4. The Morgan fingerprint density at radius 1 is 1.50 bits per heavy atom. The summed E-state index contributed by atoms with van der Waals surface area (Å²) in [6.45, 7) is 1.13. The summed E-state index contributed by atoms with van der Waals surface area (Å²) in [5.74, 6) is -0.254. The highest BCUT2D eigenvalue weighted by Crippen LogP contribution is 2.31. The third kappa shape index (κ3) is 2.67. The Morgan fingerprint density at radius 2 is 2.25 bits per heavy atom. The number of nitrogen functional groups attached to an aromatic ring is 1. The molecule has 0 spiro atoms. The summed E-state index contributed by atoms with van der Waals surface area (Å²) in [4.78, 5) is 23.9. The molecule has 7 N–H and O–H groups in total. The average molecular weight is 337 g/mol. The quantitative estimate of drug-likeness (QED) is 0.403. The van der Waals surface area contributed by atoms with Crippen molar-refractivity contribution >= 4 is 22.9 Å². The van der Waals surface area contributed by atoms with E-state index in [0.717, 1.165) is 0 Å². The maximum atomic E-state index is 11.8. The van der Waals surface area contributed by atoms with E-state index < -0.39 is 36.4 Å². The number of hydrogen-bond donors (Lipinski definition) is 5. The van der Waals surface area contributed by atoms with E-state index in [0.29, 0.717) is 11.2 Å². The average Bonchev–Trinajstić information content (AvgIpc) is 3.10. The first-order chi connectivity index (χ1) is 11.4. The zero-order valence-corrected chi connectivity index (χ0v) is 12.9. The topological polar surface area (TPSA) is 174 Å².